The fourth-order valence-corrected chi connectivity index (χ4v) is 2.52. The summed E-state index contributed by atoms with van der Waals surface area (Å²) in [6.07, 6.45) is 0. The second-order valence-corrected chi connectivity index (χ2v) is 5.03. The van der Waals surface area contributed by atoms with Crippen LogP contribution in [0.3, 0.4) is 0 Å². The van der Waals surface area contributed by atoms with Gasteiger partial charge in [0.05, 0.1) is 0 Å². The first-order valence-corrected chi connectivity index (χ1v) is 6.05. The second kappa shape index (κ2) is 3.77. The van der Waals surface area contributed by atoms with E-state index < -0.39 is 10.1 Å². The number of fused-ring (bicyclic) bond motifs is 1. The molecule has 0 aliphatic rings. The lowest BCUT2D eigenvalue weighted by Crippen LogP contribution is -2.04. The molecular weight excluding hydrogens is 228 g/mol. The fourth-order valence-electron chi connectivity index (χ4n) is 1.46. The fraction of sp³-hybridized carbons (Fsp3) is 0. The average Bonchev–Trinajstić information content (AvgIpc) is 2.28. The first-order valence-electron chi connectivity index (χ1n) is 4.23. The Kier molecular flexibility index (Phi) is 2.60. The number of rotatable bonds is 2. The Morgan fingerprint density at radius 3 is 2.40 bits per heavy atom. The van der Waals surface area contributed by atoms with Crippen LogP contribution < -0.4 is 0 Å². The van der Waals surface area contributed by atoms with Gasteiger partial charge in [-0.15, -0.1) is 0 Å². The van der Waals surface area contributed by atoms with E-state index in [0.29, 0.717) is 5.39 Å². The molecule has 15 heavy (non-hydrogen) atoms. The summed E-state index contributed by atoms with van der Waals surface area (Å²) in [4.78, 5) is 0.163. The summed E-state index contributed by atoms with van der Waals surface area (Å²) in [5.41, 5.74) is 0. The van der Waals surface area contributed by atoms with Gasteiger partial charge in [-0.1, -0.05) is 36.4 Å². The maximum Gasteiger partial charge on any atom is 0.287 e. The van der Waals surface area contributed by atoms with Crippen LogP contribution in [0.25, 0.3) is 10.8 Å². The van der Waals surface area contributed by atoms with Crippen molar-refractivity contribution in [3.8, 4) is 0 Å². The largest absolute Gasteiger partial charge is 0.314 e. The summed E-state index contributed by atoms with van der Waals surface area (Å²) in [5.74, 6) is 0. The molecule has 0 N–H and O–H groups in total. The molecule has 0 aliphatic heterocycles. The Morgan fingerprint density at radius 1 is 1.00 bits per heavy atom. The summed E-state index contributed by atoms with van der Waals surface area (Å²) in [6, 6.07) is 12.3. The van der Waals surface area contributed by atoms with Gasteiger partial charge in [0.2, 0.25) is 0 Å². The molecule has 3 radical (unpaired) electrons. The molecule has 2 aromatic rings. The predicted octanol–water partition coefficient (Wildman–Crippen LogP) is 1.63. The Bertz CT molecular complexity index is 587. The molecule has 0 saturated carbocycles. The van der Waals surface area contributed by atoms with Gasteiger partial charge in [-0.25, -0.2) is 0 Å². The molecule has 2 aromatic carbocycles. The summed E-state index contributed by atoms with van der Waals surface area (Å²) < 4.78 is 27.4. The van der Waals surface area contributed by atoms with Crippen molar-refractivity contribution in [2.45, 2.75) is 4.90 Å². The van der Waals surface area contributed by atoms with Gasteiger partial charge in [0.25, 0.3) is 20.6 Å². The maximum atomic E-state index is 11.5. The van der Waals surface area contributed by atoms with Crippen LogP contribution in [0.2, 0.25) is 0 Å². The molecule has 0 spiro atoms. The molecule has 5 heteroatoms. The number of benzene rings is 2. The molecule has 3 nitrogen and oxygen atoms in total. The minimum atomic E-state index is -3.71. The third-order valence-corrected chi connectivity index (χ3v) is 3.90. The van der Waals surface area contributed by atoms with Crippen molar-refractivity contribution < 1.29 is 12.3 Å². The van der Waals surface area contributed by atoms with E-state index in [-0.39, 0.29) is 4.90 Å². The summed E-state index contributed by atoms with van der Waals surface area (Å²) in [7, 11) is -1.16. The van der Waals surface area contributed by atoms with Crippen molar-refractivity contribution in [2.24, 2.45) is 0 Å². The van der Waals surface area contributed by atoms with Crippen LogP contribution in [0.1, 0.15) is 0 Å². The monoisotopic (exact) mass is 235 g/mol. The van der Waals surface area contributed by atoms with Gasteiger partial charge in [0.1, 0.15) is 4.90 Å². The van der Waals surface area contributed by atoms with E-state index in [4.69, 9.17) is 0 Å². The number of hydrogen-bond acceptors (Lipinski definition) is 3. The molecule has 0 amide bonds. The van der Waals surface area contributed by atoms with Crippen molar-refractivity contribution in [3.63, 3.8) is 0 Å². The molecule has 0 heterocycles. The average molecular weight is 235 g/mol. The van der Waals surface area contributed by atoms with Crippen LogP contribution in [0.15, 0.2) is 47.4 Å². The summed E-state index contributed by atoms with van der Waals surface area (Å²) >= 11 is 0. The standard InChI is InChI=1S/C10H7O3SSi/c11-14(12,13-15)10-7-3-5-8-4-1-2-6-9(8)10/h1-7H. The van der Waals surface area contributed by atoms with E-state index in [9.17, 15) is 8.42 Å². The Labute approximate surface area is 91.4 Å². The van der Waals surface area contributed by atoms with Crippen LogP contribution in [0.4, 0.5) is 0 Å². The third kappa shape index (κ3) is 1.81. The Morgan fingerprint density at radius 2 is 1.67 bits per heavy atom. The quantitative estimate of drug-likeness (QED) is 0.743. The van der Waals surface area contributed by atoms with E-state index >= 15 is 0 Å². The normalized spacial score (nSPS) is 11.8. The summed E-state index contributed by atoms with van der Waals surface area (Å²) in [5, 5.41) is 1.51. The molecule has 0 aromatic heterocycles. The van der Waals surface area contributed by atoms with Crippen LogP contribution in [-0.4, -0.2) is 18.9 Å². The van der Waals surface area contributed by atoms with Gasteiger partial charge < -0.3 is 3.87 Å². The zero-order chi connectivity index (χ0) is 10.9. The molecule has 0 fully saturated rings. The topological polar surface area (TPSA) is 43.4 Å². The first-order chi connectivity index (χ1) is 7.15. The molecule has 0 atom stereocenters. The van der Waals surface area contributed by atoms with E-state index in [1.807, 2.05) is 18.2 Å². The van der Waals surface area contributed by atoms with Crippen LogP contribution in [0, 0.1) is 0 Å². The van der Waals surface area contributed by atoms with E-state index in [1.54, 1.807) is 18.2 Å². The molecule has 75 valence electrons. The van der Waals surface area contributed by atoms with Crippen molar-refractivity contribution in [1.82, 2.24) is 0 Å². The number of hydrogen-bond donors (Lipinski definition) is 0. The van der Waals surface area contributed by atoms with Crippen molar-refractivity contribution in [3.05, 3.63) is 42.5 Å². The molecule has 0 aliphatic carbocycles. The van der Waals surface area contributed by atoms with Crippen molar-refractivity contribution in [1.29, 1.82) is 0 Å². The molecule has 0 unspecified atom stereocenters. The highest BCUT2D eigenvalue weighted by Crippen LogP contribution is 2.23. The highest BCUT2D eigenvalue weighted by Gasteiger charge is 2.15. The SMILES string of the molecule is O=S(=O)(O[Si])c1cccc2ccccc12. The van der Waals surface area contributed by atoms with E-state index in [0.717, 1.165) is 5.39 Å². The van der Waals surface area contributed by atoms with Gasteiger partial charge in [-0.3, -0.25) is 0 Å². The van der Waals surface area contributed by atoms with Gasteiger partial charge in [0, 0.05) is 5.39 Å². The predicted molar refractivity (Wildman–Crippen MR) is 58.0 cm³/mol. The first kappa shape index (κ1) is 10.3. The zero-order valence-electron chi connectivity index (χ0n) is 7.67. The highest BCUT2D eigenvalue weighted by atomic mass is 32.2. The molecular formula is C10H7O3SSi. The minimum absolute atomic E-state index is 0.163. The van der Waals surface area contributed by atoms with Crippen molar-refractivity contribution >= 4 is 31.4 Å². The molecule has 0 saturated heterocycles. The van der Waals surface area contributed by atoms with Gasteiger partial charge in [0.15, 0.2) is 0 Å². The Balaban J connectivity index is 2.83. The van der Waals surface area contributed by atoms with Crippen LogP contribution in [-0.2, 0) is 14.0 Å². The molecule has 2 rings (SSSR count). The lowest BCUT2D eigenvalue weighted by molar-refractivity contribution is 0.509. The highest BCUT2D eigenvalue weighted by molar-refractivity contribution is 7.87. The minimum Gasteiger partial charge on any atom is -0.314 e. The lowest BCUT2D eigenvalue weighted by Gasteiger charge is -2.05. The maximum absolute atomic E-state index is 11.5. The van der Waals surface area contributed by atoms with E-state index in [1.165, 1.54) is 6.07 Å². The van der Waals surface area contributed by atoms with Crippen molar-refractivity contribution in [2.75, 3.05) is 0 Å². The Hall–Kier alpha value is -1.17. The third-order valence-electron chi connectivity index (χ3n) is 2.13. The second-order valence-electron chi connectivity index (χ2n) is 3.01. The smallest absolute Gasteiger partial charge is 0.287 e. The van der Waals surface area contributed by atoms with Gasteiger partial charge >= 0.3 is 0 Å². The van der Waals surface area contributed by atoms with Gasteiger partial charge in [-0.05, 0) is 11.5 Å². The van der Waals surface area contributed by atoms with Crippen LogP contribution in [0.5, 0.6) is 0 Å². The molecule has 0 bridgehead atoms. The van der Waals surface area contributed by atoms with Gasteiger partial charge in [-0.2, -0.15) is 8.42 Å². The lowest BCUT2D eigenvalue weighted by atomic mass is 10.1. The van der Waals surface area contributed by atoms with E-state index in [2.05, 4.69) is 14.4 Å². The zero-order valence-corrected chi connectivity index (χ0v) is 9.49. The van der Waals surface area contributed by atoms with Crippen LogP contribution >= 0.6 is 0 Å². The summed E-state index contributed by atoms with van der Waals surface area (Å²) in [6.45, 7) is 0.